The number of amides is 2. The number of benzene rings is 2. The third-order valence-corrected chi connectivity index (χ3v) is 5.30. The third kappa shape index (κ3) is 2.77. The van der Waals surface area contributed by atoms with Gasteiger partial charge in [0.1, 0.15) is 0 Å². The highest BCUT2D eigenvalue weighted by atomic mass is 16.5. The smallest absolute Gasteiger partial charge is 0.274 e. The van der Waals surface area contributed by atoms with Crippen molar-refractivity contribution >= 4 is 11.8 Å². The number of nitrogens with one attached hydrogen (secondary N) is 1. The van der Waals surface area contributed by atoms with E-state index in [4.69, 9.17) is 9.94 Å². The second kappa shape index (κ2) is 6.55. The van der Waals surface area contributed by atoms with Crippen LogP contribution in [0.1, 0.15) is 38.3 Å². The van der Waals surface area contributed by atoms with E-state index in [0.717, 1.165) is 23.1 Å². The van der Waals surface area contributed by atoms with Gasteiger partial charge in [-0.3, -0.25) is 14.8 Å². The maximum Gasteiger partial charge on any atom is 0.274 e. The molecular formula is C20H20N2O4. The number of ether oxygens (including phenoxy) is 1. The van der Waals surface area contributed by atoms with Gasteiger partial charge in [-0.15, -0.1) is 0 Å². The molecule has 2 aliphatic rings. The van der Waals surface area contributed by atoms with Crippen molar-refractivity contribution in [2.45, 2.75) is 18.4 Å². The fourth-order valence-corrected chi connectivity index (χ4v) is 3.94. The van der Waals surface area contributed by atoms with Crippen molar-refractivity contribution in [2.24, 2.45) is 0 Å². The Morgan fingerprint density at radius 3 is 2.65 bits per heavy atom. The molecule has 1 saturated heterocycles. The molecule has 0 radical (unpaired) electrons. The number of carbonyl (C=O) groups is 2. The molecule has 134 valence electrons. The molecule has 1 fully saturated rings. The Kier molecular flexibility index (Phi) is 4.22. The van der Waals surface area contributed by atoms with E-state index in [9.17, 15) is 9.59 Å². The van der Waals surface area contributed by atoms with Crippen LogP contribution in [0.5, 0.6) is 0 Å². The predicted octanol–water partition coefficient (Wildman–Crippen LogP) is 2.12. The van der Waals surface area contributed by atoms with Crippen LogP contribution in [0.2, 0.25) is 0 Å². The van der Waals surface area contributed by atoms with Crippen LogP contribution in [0.25, 0.3) is 0 Å². The third-order valence-electron chi connectivity index (χ3n) is 5.30. The minimum Gasteiger partial charge on any atom is -0.380 e. The van der Waals surface area contributed by atoms with Crippen LogP contribution >= 0.6 is 0 Å². The molecule has 6 nitrogen and oxygen atoms in total. The summed E-state index contributed by atoms with van der Waals surface area (Å²) in [6.45, 7) is 2.43. The van der Waals surface area contributed by atoms with Crippen molar-refractivity contribution in [3.05, 3.63) is 70.8 Å². The van der Waals surface area contributed by atoms with Gasteiger partial charge in [-0.05, 0) is 35.7 Å². The molecule has 4 rings (SSSR count). The largest absolute Gasteiger partial charge is 0.380 e. The molecule has 2 amide bonds. The summed E-state index contributed by atoms with van der Waals surface area (Å²) in [6.07, 6.45) is 0.906. The molecule has 2 N–H and O–H groups in total. The van der Waals surface area contributed by atoms with E-state index < -0.39 is 5.91 Å². The first kappa shape index (κ1) is 16.8. The zero-order valence-electron chi connectivity index (χ0n) is 14.3. The van der Waals surface area contributed by atoms with Gasteiger partial charge < -0.3 is 9.64 Å². The lowest BCUT2D eigenvalue weighted by atomic mass is 9.74. The van der Waals surface area contributed by atoms with Gasteiger partial charge in [-0.1, -0.05) is 30.3 Å². The fraction of sp³-hybridized carbons (Fsp3) is 0.300. The Balaban J connectivity index is 1.61. The zero-order chi connectivity index (χ0) is 18.1. The SMILES string of the molecule is O=C(NO)c1ccc(CN2CC3(CCOC3)c3ccccc3C2=O)cc1. The van der Waals surface area contributed by atoms with Gasteiger partial charge in [0.25, 0.3) is 11.8 Å². The molecule has 0 saturated carbocycles. The standard InChI is InChI=1S/C20H20N2O4/c23-18(21-25)15-7-5-14(6-8-15)11-22-12-20(9-10-26-13-20)17-4-2-1-3-16(17)19(22)24/h1-8,25H,9-13H2,(H,21,23). The van der Waals surface area contributed by atoms with Gasteiger partial charge in [0.05, 0.1) is 6.61 Å². The van der Waals surface area contributed by atoms with E-state index in [1.54, 1.807) is 29.7 Å². The van der Waals surface area contributed by atoms with Crippen molar-refractivity contribution in [2.75, 3.05) is 19.8 Å². The van der Waals surface area contributed by atoms with Crippen molar-refractivity contribution in [3.8, 4) is 0 Å². The van der Waals surface area contributed by atoms with Crippen LogP contribution in [0.15, 0.2) is 48.5 Å². The van der Waals surface area contributed by atoms with Gasteiger partial charge in [0.2, 0.25) is 0 Å². The predicted molar refractivity (Wildman–Crippen MR) is 94.0 cm³/mol. The van der Waals surface area contributed by atoms with Crippen LogP contribution < -0.4 is 5.48 Å². The van der Waals surface area contributed by atoms with Crippen LogP contribution in [0.3, 0.4) is 0 Å². The van der Waals surface area contributed by atoms with Gasteiger partial charge in [-0.2, -0.15) is 0 Å². The molecular weight excluding hydrogens is 332 g/mol. The Morgan fingerprint density at radius 2 is 1.96 bits per heavy atom. The summed E-state index contributed by atoms with van der Waals surface area (Å²) >= 11 is 0. The highest BCUT2D eigenvalue weighted by Gasteiger charge is 2.45. The summed E-state index contributed by atoms with van der Waals surface area (Å²) in [5.74, 6) is -0.531. The quantitative estimate of drug-likeness (QED) is 0.655. The number of nitrogens with zero attached hydrogens (tertiary/aromatic N) is 1. The van der Waals surface area contributed by atoms with Crippen molar-refractivity contribution < 1.29 is 19.5 Å². The maximum absolute atomic E-state index is 13.0. The Morgan fingerprint density at radius 1 is 1.19 bits per heavy atom. The number of rotatable bonds is 3. The summed E-state index contributed by atoms with van der Waals surface area (Å²) < 4.78 is 5.68. The molecule has 2 aromatic carbocycles. The number of hydrogen-bond donors (Lipinski definition) is 2. The van der Waals surface area contributed by atoms with Gasteiger partial charge >= 0.3 is 0 Å². The first-order valence-electron chi connectivity index (χ1n) is 8.63. The average molecular weight is 352 g/mol. The topological polar surface area (TPSA) is 78.9 Å². The first-order chi connectivity index (χ1) is 12.6. The Labute approximate surface area is 151 Å². The van der Waals surface area contributed by atoms with E-state index in [0.29, 0.717) is 31.9 Å². The van der Waals surface area contributed by atoms with Crippen LogP contribution in [-0.2, 0) is 16.7 Å². The van der Waals surface area contributed by atoms with Crippen molar-refractivity contribution in [1.82, 2.24) is 10.4 Å². The van der Waals surface area contributed by atoms with Crippen LogP contribution in [-0.4, -0.2) is 41.7 Å². The number of fused-ring (bicyclic) bond motifs is 2. The summed E-state index contributed by atoms with van der Waals surface area (Å²) in [5.41, 5.74) is 4.62. The molecule has 0 aliphatic carbocycles. The van der Waals surface area contributed by atoms with Crippen LogP contribution in [0, 0.1) is 0 Å². The van der Waals surface area contributed by atoms with E-state index >= 15 is 0 Å². The molecule has 6 heteroatoms. The molecule has 2 aliphatic heterocycles. The normalized spacial score (nSPS) is 21.7. The Hall–Kier alpha value is -2.70. The van der Waals surface area contributed by atoms with E-state index in [1.165, 1.54) is 0 Å². The fourth-order valence-electron chi connectivity index (χ4n) is 3.94. The highest BCUT2D eigenvalue weighted by molar-refractivity contribution is 5.97. The molecule has 2 heterocycles. The molecule has 0 aromatic heterocycles. The van der Waals surface area contributed by atoms with Crippen molar-refractivity contribution in [3.63, 3.8) is 0 Å². The monoisotopic (exact) mass is 352 g/mol. The van der Waals surface area contributed by atoms with E-state index in [-0.39, 0.29) is 11.3 Å². The number of hydrogen-bond acceptors (Lipinski definition) is 4. The molecule has 26 heavy (non-hydrogen) atoms. The molecule has 1 spiro atoms. The summed E-state index contributed by atoms with van der Waals surface area (Å²) in [7, 11) is 0. The summed E-state index contributed by atoms with van der Waals surface area (Å²) in [5, 5.41) is 8.70. The second-order valence-electron chi connectivity index (χ2n) is 6.93. The lowest BCUT2D eigenvalue weighted by molar-refractivity contribution is 0.0636. The zero-order valence-corrected chi connectivity index (χ0v) is 14.3. The number of carbonyl (C=O) groups excluding carboxylic acids is 2. The molecule has 0 bridgehead atoms. The summed E-state index contributed by atoms with van der Waals surface area (Å²) in [4.78, 5) is 26.3. The van der Waals surface area contributed by atoms with Gasteiger partial charge in [0.15, 0.2) is 0 Å². The van der Waals surface area contributed by atoms with E-state index in [1.807, 2.05) is 29.2 Å². The number of hydroxylamine groups is 1. The minimum atomic E-state index is -0.554. The molecule has 1 atom stereocenters. The lowest BCUT2D eigenvalue weighted by Crippen LogP contribution is -2.49. The minimum absolute atomic E-state index is 0.0234. The first-order valence-corrected chi connectivity index (χ1v) is 8.63. The van der Waals surface area contributed by atoms with Gasteiger partial charge in [-0.25, -0.2) is 5.48 Å². The maximum atomic E-state index is 13.0. The summed E-state index contributed by atoms with van der Waals surface area (Å²) in [6, 6.07) is 14.7. The van der Waals surface area contributed by atoms with E-state index in [2.05, 4.69) is 0 Å². The van der Waals surface area contributed by atoms with Crippen LogP contribution in [0.4, 0.5) is 0 Å². The molecule has 1 unspecified atom stereocenters. The average Bonchev–Trinajstić information content (AvgIpc) is 3.15. The second-order valence-corrected chi connectivity index (χ2v) is 6.93. The molecule has 2 aromatic rings. The lowest BCUT2D eigenvalue weighted by Gasteiger charge is -2.40. The highest BCUT2D eigenvalue weighted by Crippen LogP contribution is 2.40. The Bertz CT molecular complexity index is 841. The van der Waals surface area contributed by atoms with Crippen molar-refractivity contribution in [1.29, 1.82) is 0 Å². The van der Waals surface area contributed by atoms with Gasteiger partial charge in [0, 0.05) is 36.2 Å².